The molecule has 2 aliphatic heterocycles. The molecule has 1 amide bonds. The molecule has 176 valence electrons. The van der Waals surface area contributed by atoms with Crippen molar-refractivity contribution in [3.8, 4) is 17.1 Å². The highest BCUT2D eigenvalue weighted by Crippen LogP contribution is 2.31. The highest BCUT2D eigenvalue weighted by molar-refractivity contribution is 7.88. The van der Waals surface area contributed by atoms with Crippen LogP contribution in [0.2, 0.25) is 0 Å². The topological polar surface area (TPSA) is 109 Å². The Morgan fingerprint density at radius 3 is 2.36 bits per heavy atom. The highest BCUT2D eigenvalue weighted by atomic mass is 32.2. The summed E-state index contributed by atoms with van der Waals surface area (Å²) in [5.41, 5.74) is 1.89. The third-order valence-corrected chi connectivity index (χ3v) is 8.02. The molecule has 0 bridgehead atoms. The molecule has 5 rings (SSSR count). The fourth-order valence-electron chi connectivity index (χ4n) is 4.05. The number of aliphatic hydroxyl groups excluding tert-OH is 1. The quantitative estimate of drug-likeness (QED) is 0.603. The van der Waals surface area contributed by atoms with E-state index in [1.165, 1.54) is 6.07 Å². The second kappa shape index (κ2) is 9.02. The van der Waals surface area contributed by atoms with Crippen LogP contribution in [0.4, 0.5) is 0 Å². The van der Waals surface area contributed by atoms with Gasteiger partial charge in [0.1, 0.15) is 6.23 Å². The van der Waals surface area contributed by atoms with Gasteiger partial charge in [0, 0.05) is 56.4 Å². The Morgan fingerprint density at radius 1 is 1.06 bits per heavy atom. The van der Waals surface area contributed by atoms with Crippen molar-refractivity contribution in [2.75, 3.05) is 32.8 Å². The van der Waals surface area contributed by atoms with Crippen LogP contribution in [0, 0.1) is 0 Å². The van der Waals surface area contributed by atoms with Crippen LogP contribution in [0.5, 0.6) is 5.88 Å². The lowest BCUT2D eigenvalue weighted by Crippen LogP contribution is -2.57. The number of carbonyl (C=O) groups excluding carboxylic acids is 1. The standard InChI is InChI=1S/C23H27N3O6S/c27-22(25-11-13-26(14-12-25)23(28)20-10-15-31-20)17-6-4-16(5-7-17)19-2-1-3-21(24-19)32-33(29,30)18-8-9-18/h1-7,18,20,23,28H,8-15H2. The van der Waals surface area contributed by atoms with E-state index in [4.69, 9.17) is 8.92 Å². The zero-order valence-corrected chi connectivity index (χ0v) is 19.0. The molecule has 3 heterocycles. The lowest BCUT2D eigenvalue weighted by molar-refractivity contribution is -0.172. The predicted molar refractivity (Wildman–Crippen MR) is 120 cm³/mol. The molecule has 0 radical (unpaired) electrons. The maximum absolute atomic E-state index is 12.9. The summed E-state index contributed by atoms with van der Waals surface area (Å²) in [4.78, 5) is 21.0. The first-order chi connectivity index (χ1) is 15.9. The second-order valence-electron chi connectivity index (χ2n) is 8.65. The molecule has 3 aliphatic rings. The van der Waals surface area contributed by atoms with Crippen LogP contribution in [-0.2, 0) is 14.9 Å². The number of hydrogen-bond donors (Lipinski definition) is 1. The van der Waals surface area contributed by atoms with Gasteiger partial charge >= 0.3 is 10.1 Å². The number of nitrogens with zero attached hydrogens (tertiary/aromatic N) is 3. The third-order valence-electron chi connectivity index (χ3n) is 6.33. The van der Waals surface area contributed by atoms with Crippen molar-refractivity contribution in [1.29, 1.82) is 0 Å². The molecule has 2 saturated heterocycles. The number of rotatable bonds is 7. The molecule has 3 fully saturated rings. The van der Waals surface area contributed by atoms with Gasteiger partial charge in [-0.1, -0.05) is 18.2 Å². The van der Waals surface area contributed by atoms with Gasteiger partial charge in [0.05, 0.1) is 17.0 Å². The Morgan fingerprint density at radius 2 is 1.76 bits per heavy atom. The van der Waals surface area contributed by atoms with Gasteiger partial charge in [0.15, 0.2) is 0 Å². The van der Waals surface area contributed by atoms with Crippen molar-refractivity contribution >= 4 is 16.0 Å². The summed E-state index contributed by atoms with van der Waals surface area (Å²) in [5, 5.41) is 9.91. The highest BCUT2D eigenvalue weighted by Gasteiger charge is 2.38. The fraction of sp³-hybridized carbons (Fsp3) is 0.478. The third kappa shape index (κ3) is 4.89. The molecule has 2 atom stereocenters. The summed E-state index contributed by atoms with van der Waals surface area (Å²) >= 11 is 0. The average molecular weight is 474 g/mol. The summed E-state index contributed by atoms with van der Waals surface area (Å²) < 4.78 is 34.6. The summed E-state index contributed by atoms with van der Waals surface area (Å²) in [7, 11) is -3.62. The van der Waals surface area contributed by atoms with Crippen molar-refractivity contribution in [1.82, 2.24) is 14.8 Å². The van der Waals surface area contributed by atoms with Crippen LogP contribution in [0.1, 0.15) is 29.6 Å². The number of piperazine rings is 1. The van der Waals surface area contributed by atoms with Crippen molar-refractivity contribution < 1.29 is 27.2 Å². The number of aliphatic hydroxyl groups is 1. The van der Waals surface area contributed by atoms with Crippen molar-refractivity contribution in [3.05, 3.63) is 48.0 Å². The van der Waals surface area contributed by atoms with Crippen molar-refractivity contribution in [2.24, 2.45) is 0 Å². The van der Waals surface area contributed by atoms with Crippen molar-refractivity contribution in [3.63, 3.8) is 0 Å². The zero-order valence-electron chi connectivity index (χ0n) is 18.2. The van der Waals surface area contributed by atoms with Gasteiger partial charge in [-0.05, 0) is 31.0 Å². The Bertz CT molecular complexity index is 1110. The van der Waals surface area contributed by atoms with Gasteiger partial charge in [0.25, 0.3) is 5.91 Å². The van der Waals surface area contributed by atoms with E-state index in [0.29, 0.717) is 56.9 Å². The van der Waals surface area contributed by atoms with E-state index in [1.54, 1.807) is 41.3 Å². The Kier molecular flexibility index (Phi) is 6.09. The maximum Gasteiger partial charge on any atom is 0.313 e. The van der Waals surface area contributed by atoms with Crippen LogP contribution in [-0.4, -0.2) is 84.6 Å². The molecule has 1 aromatic carbocycles. The SMILES string of the molecule is O=C(c1ccc(-c2cccc(OS(=O)(=O)C3CC3)n2)cc1)N1CCN(C(O)C2CCO2)CC1. The number of carbonyl (C=O) groups is 1. The molecule has 0 spiro atoms. The van der Waals surface area contributed by atoms with Crippen LogP contribution in [0.15, 0.2) is 42.5 Å². The van der Waals surface area contributed by atoms with E-state index >= 15 is 0 Å². The monoisotopic (exact) mass is 473 g/mol. The Hall–Kier alpha value is -2.53. The van der Waals surface area contributed by atoms with Gasteiger partial charge in [-0.2, -0.15) is 8.42 Å². The number of hydrogen-bond acceptors (Lipinski definition) is 8. The van der Waals surface area contributed by atoms with Gasteiger partial charge in [-0.25, -0.2) is 4.98 Å². The Labute approximate surface area is 193 Å². The minimum atomic E-state index is -3.62. The maximum atomic E-state index is 12.9. The van der Waals surface area contributed by atoms with Crippen LogP contribution < -0.4 is 4.18 Å². The number of amides is 1. The van der Waals surface area contributed by atoms with Gasteiger partial charge < -0.3 is 18.9 Å². The minimum Gasteiger partial charge on any atom is -0.376 e. The van der Waals surface area contributed by atoms with Gasteiger partial charge in [0.2, 0.25) is 5.88 Å². The summed E-state index contributed by atoms with van der Waals surface area (Å²) in [6.07, 6.45) is 1.39. The molecular weight excluding hydrogens is 446 g/mol. The van der Waals surface area contributed by atoms with E-state index < -0.39 is 21.6 Å². The average Bonchev–Trinajstić information content (AvgIpc) is 3.64. The molecule has 1 N–H and O–H groups in total. The van der Waals surface area contributed by atoms with Gasteiger partial charge in [-0.15, -0.1) is 0 Å². The molecule has 10 heteroatoms. The fourth-order valence-corrected chi connectivity index (χ4v) is 5.23. The number of pyridine rings is 1. The number of ether oxygens (including phenoxy) is 1. The molecule has 33 heavy (non-hydrogen) atoms. The molecule has 1 aliphatic carbocycles. The van der Waals surface area contributed by atoms with Crippen molar-refractivity contribution in [2.45, 2.75) is 36.8 Å². The minimum absolute atomic E-state index is 0.0481. The van der Waals surface area contributed by atoms with E-state index in [1.807, 2.05) is 4.90 Å². The smallest absolute Gasteiger partial charge is 0.313 e. The first-order valence-electron chi connectivity index (χ1n) is 11.2. The molecular formula is C23H27N3O6S. The van der Waals surface area contributed by atoms with Crippen LogP contribution in [0.3, 0.4) is 0 Å². The Balaban J connectivity index is 1.21. The first-order valence-corrected chi connectivity index (χ1v) is 12.7. The van der Waals surface area contributed by atoms with E-state index in [0.717, 1.165) is 12.0 Å². The number of aromatic nitrogens is 1. The normalized spacial score (nSPS) is 22.5. The molecule has 2 unspecified atom stereocenters. The first kappa shape index (κ1) is 22.3. The van der Waals surface area contributed by atoms with Crippen LogP contribution in [0.25, 0.3) is 11.3 Å². The predicted octanol–water partition coefficient (Wildman–Crippen LogP) is 1.48. The second-order valence-corrected chi connectivity index (χ2v) is 10.5. The van der Waals surface area contributed by atoms with Crippen LogP contribution >= 0.6 is 0 Å². The van der Waals surface area contributed by atoms with Gasteiger partial charge in [-0.3, -0.25) is 9.69 Å². The van der Waals surface area contributed by atoms with E-state index in [-0.39, 0.29) is 17.9 Å². The summed E-state index contributed by atoms with van der Waals surface area (Å²) in [5.74, 6) is -0.0110. The molecule has 2 aromatic rings. The molecule has 1 aromatic heterocycles. The van der Waals surface area contributed by atoms with E-state index in [2.05, 4.69) is 4.98 Å². The largest absolute Gasteiger partial charge is 0.376 e. The zero-order chi connectivity index (χ0) is 23.0. The lowest BCUT2D eigenvalue weighted by Gasteiger charge is -2.42. The molecule has 1 saturated carbocycles. The molecule has 9 nitrogen and oxygen atoms in total. The number of benzene rings is 1. The summed E-state index contributed by atoms with van der Waals surface area (Å²) in [6, 6.07) is 12.1. The summed E-state index contributed by atoms with van der Waals surface area (Å²) in [6.45, 7) is 2.99. The van der Waals surface area contributed by atoms with E-state index in [9.17, 15) is 18.3 Å². The lowest BCUT2D eigenvalue weighted by atomic mass is 10.1.